The van der Waals surface area contributed by atoms with E-state index in [2.05, 4.69) is 4.90 Å². The second-order valence-corrected chi connectivity index (χ2v) is 5.52. The van der Waals surface area contributed by atoms with Crippen LogP contribution in [0.15, 0.2) is 18.2 Å². The Bertz CT molecular complexity index is 445. The van der Waals surface area contributed by atoms with Crippen molar-refractivity contribution in [2.75, 3.05) is 13.1 Å². The van der Waals surface area contributed by atoms with Crippen LogP contribution in [0.5, 0.6) is 0 Å². The van der Waals surface area contributed by atoms with Crippen molar-refractivity contribution in [1.82, 2.24) is 4.90 Å². The molecule has 1 aliphatic rings. The molecule has 5 heteroatoms. The van der Waals surface area contributed by atoms with Gasteiger partial charge in [0.15, 0.2) is 0 Å². The van der Waals surface area contributed by atoms with Crippen molar-refractivity contribution in [1.29, 1.82) is 0 Å². The van der Waals surface area contributed by atoms with Gasteiger partial charge in [0.1, 0.15) is 5.82 Å². The number of halogens is 2. The van der Waals surface area contributed by atoms with E-state index in [4.69, 9.17) is 29.6 Å². The zero-order valence-corrected chi connectivity index (χ0v) is 11.6. The van der Waals surface area contributed by atoms with Gasteiger partial charge in [-0.2, -0.15) is 0 Å². The Morgan fingerprint density at radius 3 is 2.72 bits per heavy atom. The summed E-state index contributed by atoms with van der Waals surface area (Å²) in [6, 6.07) is 4.94. The zero-order valence-electron chi connectivity index (χ0n) is 10.0. The van der Waals surface area contributed by atoms with Gasteiger partial charge in [0.2, 0.25) is 0 Å². The molecule has 98 valence electrons. The second-order valence-electron chi connectivity index (χ2n) is 4.67. The van der Waals surface area contributed by atoms with Crippen molar-refractivity contribution in [3.8, 4) is 0 Å². The summed E-state index contributed by atoms with van der Waals surface area (Å²) < 4.78 is 13.3. The van der Waals surface area contributed by atoms with Gasteiger partial charge in [-0.25, -0.2) is 4.39 Å². The highest BCUT2D eigenvalue weighted by Gasteiger charge is 2.21. The van der Waals surface area contributed by atoms with Crippen molar-refractivity contribution in [3.05, 3.63) is 34.6 Å². The van der Waals surface area contributed by atoms with Crippen LogP contribution in [0.25, 0.3) is 0 Å². The van der Waals surface area contributed by atoms with E-state index in [9.17, 15) is 4.39 Å². The minimum absolute atomic E-state index is 0.231. The molecular formula is C13H16ClFN2S. The Morgan fingerprint density at radius 2 is 2.11 bits per heavy atom. The van der Waals surface area contributed by atoms with Crippen LogP contribution in [0.4, 0.5) is 4.39 Å². The summed E-state index contributed by atoms with van der Waals surface area (Å²) >= 11 is 11.0. The van der Waals surface area contributed by atoms with Crippen molar-refractivity contribution in [2.24, 2.45) is 11.7 Å². The maximum atomic E-state index is 13.3. The molecular weight excluding hydrogens is 271 g/mol. The average Bonchev–Trinajstić information content (AvgIpc) is 2.36. The maximum Gasteiger partial charge on any atom is 0.142 e. The Morgan fingerprint density at radius 1 is 1.44 bits per heavy atom. The van der Waals surface area contributed by atoms with Gasteiger partial charge in [-0.1, -0.05) is 36.0 Å². The SMILES string of the molecule is NC(=S)C1CCN(Cc2cccc(F)c2Cl)CC1. The van der Waals surface area contributed by atoms with Gasteiger partial charge in [0.05, 0.1) is 10.0 Å². The van der Waals surface area contributed by atoms with Crippen LogP contribution in [0.3, 0.4) is 0 Å². The lowest BCUT2D eigenvalue weighted by molar-refractivity contribution is 0.202. The third-order valence-electron chi connectivity index (χ3n) is 3.42. The first kappa shape index (κ1) is 13.7. The number of nitrogens with zero attached hydrogens (tertiary/aromatic N) is 1. The molecule has 0 unspecified atom stereocenters. The molecule has 0 aromatic heterocycles. The first-order valence-corrected chi connectivity index (χ1v) is 6.81. The predicted molar refractivity (Wildman–Crippen MR) is 76.2 cm³/mol. The van der Waals surface area contributed by atoms with E-state index >= 15 is 0 Å². The smallest absolute Gasteiger partial charge is 0.142 e. The molecule has 0 spiro atoms. The molecule has 1 aliphatic heterocycles. The fraction of sp³-hybridized carbons (Fsp3) is 0.462. The van der Waals surface area contributed by atoms with Gasteiger partial charge in [-0.05, 0) is 37.6 Å². The molecule has 0 saturated carbocycles. The number of nitrogens with two attached hydrogens (primary N) is 1. The van der Waals surface area contributed by atoms with E-state index in [0.29, 0.717) is 17.5 Å². The third-order valence-corrected chi connectivity index (χ3v) is 4.17. The van der Waals surface area contributed by atoms with Crippen LogP contribution in [0.1, 0.15) is 18.4 Å². The van der Waals surface area contributed by atoms with Crippen LogP contribution in [0.2, 0.25) is 5.02 Å². The van der Waals surface area contributed by atoms with Crippen LogP contribution < -0.4 is 5.73 Å². The first-order valence-electron chi connectivity index (χ1n) is 6.02. The van der Waals surface area contributed by atoms with E-state index < -0.39 is 0 Å². The Balaban J connectivity index is 1.96. The quantitative estimate of drug-likeness (QED) is 0.866. The predicted octanol–water partition coefficient (Wildman–Crippen LogP) is 2.98. The molecule has 1 saturated heterocycles. The van der Waals surface area contributed by atoms with Crippen molar-refractivity contribution in [2.45, 2.75) is 19.4 Å². The number of likely N-dealkylation sites (tertiary alicyclic amines) is 1. The summed E-state index contributed by atoms with van der Waals surface area (Å²) in [4.78, 5) is 2.87. The molecule has 2 rings (SSSR count). The molecule has 1 aromatic carbocycles. The number of hydrogen-bond acceptors (Lipinski definition) is 2. The summed E-state index contributed by atoms with van der Waals surface area (Å²) in [6.45, 7) is 2.53. The zero-order chi connectivity index (χ0) is 13.1. The van der Waals surface area contributed by atoms with Crippen LogP contribution in [0, 0.1) is 11.7 Å². The Labute approximate surface area is 117 Å². The maximum absolute atomic E-state index is 13.3. The Kier molecular flexibility index (Phi) is 4.54. The highest BCUT2D eigenvalue weighted by atomic mass is 35.5. The third kappa shape index (κ3) is 3.19. The average molecular weight is 287 g/mol. The standard InChI is InChI=1S/C13H16ClFN2S/c14-12-10(2-1-3-11(12)15)8-17-6-4-9(5-7-17)13(16)18/h1-3,9H,4-8H2,(H2,16,18). The summed E-state index contributed by atoms with van der Waals surface area (Å²) in [5.74, 6) is -0.00794. The molecule has 18 heavy (non-hydrogen) atoms. The van der Waals surface area contributed by atoms with Gasteiger partial charge in [0, 0.05) is 12.5 Å². The number of piperidine rings is 1. The fourth-order valence-electron chi connectivity index (χ4n) is 2.29. The van der Waals surface area contributed by atoms with Crippen LogP contribution in [-0.4, -0.2) is 23.0 Å². The minimum Gasteiger partial charge on any atom is -0.393 e. The fourth-order valence-corrected chi connectivity index (χ4v) is 2.71. The van der Waals surface area contributed by atoms with E-state index in [0.717, 1.165) is 31.5 Å². The van der Waals surface area contributed by atoms with E-state index in [-0.39, 0.29) is 10.8 Å². The van der Waals surface area contributed by atoms with E-state index in [1.54, 1.807) is 6.07 Å². The van der Waals surface area contributed by atoms with Gasteiger partial charge < -0.3 is 5.73 Å². The monoisotopic (exact) mass is 286 g/mol. The molecule has 0 atom stereocenters. The largest absolute Gasteiger partial charge is 0.393 e. The van der Waals surface area contributed by atoms with E-state index in [1.807, 2.05) is 6.07 Å². The second kappa shape index (κ2) is 5.95. The molecule has 1 aromatic rings. The number of hydrogen-bond donors (Lipinski definition) is 1. The van der Waals surface area contributed by atoms with Gasteiger partial charge in [-0.15, -0.1) is 0 Å². The topological polar surface area (TPSA) is 29.3 Å². The number of rotatable bonds is 3. The highest BCUT2D eigenvalue weighted by molar-refractivity contribution is 7.80. The van der Waals surface area contributed by atoms with Gasteiger partial charge in [0.25, 0.3) is 0 Å². The molecule has 0 aliphatic carbocycles. The lowest BCUT2D eigenvalue weighted by atomic mass is 9.96. The summed E-state index contributed by atoms with van der Waals surface area (Å²) in [5, 5.41) is 0.231. The number of thiocarbonyl (C=S) groups is 1. The molecule has 2 nitrogen and oxygen atoms in total. The molecule has 0 bridgehead atoms. The minimum atomic E-state index is -0.354. The van der Waals surface area contributed by atoms with Gasteiger partial charge in [-0.3, -0.25) is 4.90 Å². The van der Waals surface area contributed by atoms with E-state index in [1.165, 1.54) is 6.07 Å². The molecule has 0 radical (unpaired) electrons. The highest BCUT2D eigenvalue weighted by Crippen LogP contribution is 2.24. The summed E-state index contributed by atoms with van der Waals surface area (Å²) in [5.41, 5.74) is 6.49. The Hall–Kier alpha value is -0.710. The molecule has 2 N–H and O–H groups in total. The summed E-state index contributed by atoms with van der Waals surface area (Å²) in [7, 11) is 0. The summed E-state index contributed by atoms with van der Waals surface area (Å²) in [6.07, 6.45) is 1.95. The van der Waals surface area contributed by atoms with Crippen molar-refractivity contribution >= 4 is 28.8 Å². The number of benzene rings is 1. The normalized spacial score (nSPS) is 17.9. The first-order chi connectivity index (χ1) is 8.58. The van der Waals surface area contributed by atoms with Crippen molar-refractivity contribution < 1.29 is 4.39 Å². The lowest BCUT2D eigenvalue weighted by Crippen LogP contribution is -2.37. The molecule has 0 amide bonds. The van der Waals surface area contributed by atoms with Crippen LogP contribution in [-0.2, 0) is 6.54 Å². The molecule has 1 heterocycles. The van der Waals surface area contributed by atoms with Crippen LogP contribution >= 0.6 is 23.8 Å². The van der Waals surface area contributed by atoms with Gasteiger partial charge >= 0.3 is 0 Å². The molecule has 1 fully saturated rings. The van der Waals surface area contributed by atoms with Crippen molar-refractivity contribution in [3.63, 3.8) is 0 Å². The lowest BCUT2D eigenvalue weighted by Gasteiger charge is -2.31.